The predicted octanol–water partition coefficient (Wildman–Crippen LogP) is 5.26. The van der Waals surface area contributed by atoms with E-state index < -0.39 is 23.2 Å². The number of carbonyl (C=O) groups excluding carboxylic acids is 1. The van der Waals surface area contributed by atoms with Crippen molar-refractivity contribution in [3.63, 3.8) is 0 Å². The summed E-state index contributed by atoms with van der Waals surface area (Å²) in [4.78, 5) is 12.3. The molecule has 0 unspecified atom stereocenters. The summed E-state index contributed by atoms with van der Waals surface area (Å²) in [6.07, 6.45) is -4.47. The molecule has 0 saturated heterocycles. The molecule has 128 valence electrons. The highest BCUT2D eigenvalue weighted by atomic mass is 79.9. The summed E-state index contributed by atoms with van der Waals surface area (Å²) in [5, 5.41) is 2.45. The Hall–Kier alpha value is -2.02. The third kappa shape index (κ3) is 4.74. The monoisotopic (exact) mass is 401 g/mol. The van der Waals surface area contributed by atoms with Gasteiger partial charge in [0.25, 0.3) is 5.91 Å². The summed E-state index contributed by atoms with van der Waals surface area (Å²) in [5.74, 6) is -0.0767. The number of benzene rings is 2. The van der Waals surface area contributed by atoms with Gasteiger partial charge in [-0.25, -0.2) is 0 Å². The van der Waals surface area contributed by atoms with E-state index >= 15 is 0 Å². The fourth-order valence-electron chi connectivity index (χ4n) is 1.90. The Kier molecular flexibility index (Phi) is 5.22. The van der Waals surface area contributed by atoms with Gasteiger partial charge in [0.05, 0.1) is 5.56 Å². The topological polar surface area (TPSA) is 38.3 Å². The Balaban J connectivity index is 2.11. The second-order valence-corrected chi connectivity index (χ2v) is 6.51. The van der Waals surface area contributed by atoms with Crippen molar-refractivity contribution in [2.24, 2.45) is 0 Å². The third-order valence-electron chi connectivity index (χ3n) is 3.18. The fourth-order valence-corrected chi connectivity index (χ4v) is 2.16. The molecule has 0 saturated carbocycles. The molecule has 24 heavy (non-hydrogen) atoms. The van der Waals surface area contributed by atoms with E-state index in [0.29, 0.717) is 5.75 Å². The second kappa shape index (κ2) is 6.84. The lowest BCUT2D eigenvalue weighted by molar-refractivity contribution is -0.137. The molecule has 1 N–H and O–H groups in total. The number of alkyl halides is 3. The normalized spacial score (nSPS) is 11.9. The van der Waals surface area contributed by atoms with Crippen molar-refractivity contribution in [1.82, 2.24) is 0 Å². The first-order chi connectivity index (χ1) is 11.1. The first kappa shape index (κ1) is 18.3. The van der Waals surface area contributed by atoms with Gasteiger partial charge in [0.2, 0.25) is 0 Å². The van der Waals surface area contributed by atoms with E-state index in [1.54, 1.807) is 24.3 Å². The minimum Gasteiger partial charge on any atom is -0.478 e. The highest BCUT2D eigenvalue weighted by Gasteiger charge is 2.32. The van der Waals surface area contributed by atoms with Crippen LogP contribution in [-0.2, 0) is 11.0 Å². The van der Waals surface area contributed by atoms with Crippen molar-refractivity contribution < 1.29 is 22.7 Å². The molecule has 0 bridgehead atoms. The number of anilines is 1. The summed E-state index contributed by atoms with van der Waals surface area (Å²) in [6, 6.07) is 11.3. The van der Waals surface area contributed by atoms with Crippen LogP contribution in [0.15, 0.2) is 53.0 Å². The number of hydrogen-bond acceptors (Lipinski definition) is 2. The summed E-state index contributed by atoms with van der Waals surface area (Å²) in [7, 11) is 0. The van der Waals surface area contributed by atoms with Gasteiger partial charge in [-0.1, -0.05) is 22.0 Å². The van der Waals surface area contributed by atoms with Crippen LogP contribution in [0.1, 0.15) is 19.4 Å². The van der Waals surface area contributed by atoms with Crippen LogP contribution in [0.5, 0.6) is 5.75 Å². The highest BCUT2D eigenvalue weighted by Crippen LogP contribution is 2.31. The lowest BCUT2D eigenvalue weighted by Gasteiger charge is -2.25. The Labute approximate surface area is 146 Å². The van der Waals surface area contributed by atoms with E-state index in [4.69, 9.17) is 4.74 Å². The number of halogens is 4. The van der Waals surface area contributed by atoms with Gasteiger partial charge in [-0.05, 0) is 56.3 Å². The van der Waals surface area contributed by atoms with Gasteiger partial charge in [0.15, 0.2) is 5.60 Å². The molecule has 1 amide bonds. The van der Waals surface area contributed by atoms with E-state index in [2.05, 4.69) is 21.2 Å². The number of amides is 1. The number of hydrogen-bond donors (Lipinski definition) is 1. The molecule has 0 heterocycles. The van der Waals surface area contributed by atoms with Gasteiger partial charge in [-0.15, -0.1) is 0 Å². The van der Waals surface area contributed by atoms with Crippen LogP contribution in [0.4, 0.5) is 18.9 Å². The van der Waals surface area contributed by atoms with E-state index in [0.717, 1.165) is 16.6 Å². The molecule has 2 aromatic rings. The van der Waals surface area contributed by atoms with Crippen LogP contribution in [-0.4, -0.2) is 11.5 Å². The van der Waals surface area contributed by atoms with Gasteiger partial charge in [-0.3, -0.25) is 4.79 Å². The average Bonchev–Trinajstić information content (AvgIpc) is 2.49. The average molecular weight is 402 g/mol. The van der Waals surface area contributed by atoms with Crippen molar-refractivity contribution >= 4 is 27.5 Å². The smallest absolute Gasteiger partial charge is 0.416 e. The molecule has 0 aliphatic rings. The van der Waals surface area contributed by atoms with Gasteiger partial charge in [0, 0.05) is 10.2 Å². The van der Waals surface area contributed by atoms with E-state index in [1.807, 2.05) is 0 Å². The maximum atomic E-state index is 12.7. The molecular formula is C17H15BrF3NO2. The van der Waals surface area contributed by atoms with Gasteiger partial charge in [0.1, 0.15) is 5.75 Å². The minimum absolute atomic E-state index is 0.0577. The fraction of sp³-hybridized carbons (Fsp3) is 0.235. The number of rotatable bonds is 4. The Bertz CT molecular complexity index is 727. The largest absolute Gasteiger partial charge is 0.478 e. The minimum atomic E-state index is -4.47. The summed E-state index contributed by atoms with van der Waals surface area (Å²) >= 11 is 3.29. The molecule has 0 aliphatic heterocycles. The molecule has 2 rings (SSSR count). The SMILES string of the molecule is CC(C)(Oc1ccc(Br)cc1)C(=O)Nc1cccc(C(F)(F)F)c1. The zero-order valence-corrected chi connectivity index (χ0v) is 14.5. The van der Waals surface area contributed by atoms with Crippen LogP contribution < -0.4 is 10.1 Å². The predicted molar refractivity (Wildman–Crippen MR) is 88.9 cm³/mol. The summed E-state index contributed by atoms with van der Waals surface area (Å²) in [5.41, 5.74) is -2.03. The molecule has 0 aliphatic carbocycles. The van der Waals surface area contributed by atoms with Crippen molar-refractivity contribution in [2.75, 3.05) is 5.32 Å². The van der Waals surface area contributed by atoms with E-state index in [-0.39, 0.29) is 5.69 Å². The standard InChI is InChI=1S/C17H15BrF3NO2/c1-16(2,24-14-8-6-12(18)7-9-14)15(23)22-13-5-3-4-11(10-13)17(19,20)21/h3-10H,1-2H3,(H,22,23). The maximum Gasteiger partial charge on any atom is 0.416 e. The van der Waals surface area contributed by atoms with Gasteiger partial charge >= 0.3 is 6.18 Å². The number of nitrogens with one attached hydrogen (secondary N) is 1. The van der Waals surface area contributed by atoms with Gasteiger partial charge in [-0.2, -0.15) is 13.2 Å². The van der Waals surface area contributed by atoms with Crippen molar-refractivity contribution in [2.45, 2.75) is 25.6 Å². The Morgan fingerprint density at radius 3 is 2.29 bits per heavy atom. The van der Waals surface area contributed by atoms with E-state index in [1.165, 1.54) is 26.0 Å². The first-order valence-corrected chi connectivity index (χ1v) is 7.80. The van der Waals surface area contributed by atoms with Gasteiger partial charge < -0.3 is 10.1 Å². The quantitative estimate of drug-likeness (QED) is 0.758. The van der Waals surface area contributed by atoms with E-state index in [9.17, 15) is 18.0 Å². The number of carbonyl (C=O) groups is 1. The molecule has 7 heteroatoms. The Morgan fingerprint density at radius 1 is 1.08 bits per heavy atom. The molecule has 0 fully saturated rings. The molecule has 0 atom stereocenters. The van der Waals surface area contributed by atoms with Crippen molar-refractivity contribution in [3.05, 3.63) is 58.6 Å². The van der Waals surface area contributed by atoms with Crippen LogP contribution in [0, 0.1) is 0 Å². The summed E-state index contributed by atoms with van der Waals surface area (Å²) < 4.78 is 44.6. The molecule has 0 radical (unpaired) electrons. The van der Waals surface area contributed by atoms with Crippen LogP contribution in [0.3, 0.4) is 0 Å². The van der Waals surface area contributed by atoms with Crippen molar-refractivity contribution in [1.29, 1.82) is 0 Å². The molecule has 2 aromatic carbocycles. The third-order valence-corrected chi connectivity index (χ3v) is 3.71. The van der Waals surface area contributed by atoms with Crippen molar-refractivity contribution in [3.8, 4) is 5.75 Å². The lowest BCUT2D eigenvalue weighted by Crippen LogP contribution is -2.42. The first-order valence-electron chi connectivity index (χ1n) is 7.01. The molecule has 0 aromatic heterocycles. The second-order valence-electron chi connectivity index (χ2n) is 5.60. The summed E-state index contributed by atoms with van der Waals surface area (Å²) in [6.45, 7) is 3.08. The lowest BCUT2D eigenvalue weighted by atomic mass is 10.1. The molecule has 0 spiro atoms. The zero-order chi connectivity index (χ0) is 18.0. The Morgan fingerprint density at radius 2 is 1.71 bits per heavy atom. The van der Waals surface area contributed by atoms with Crippen LogP contribution in [0.25, 0.3) is 0 Å². The maximum absolute atomic E-state index is 12.7. The zero-order valence-electron chi connectivity index (χ0n) is 12.9. The number of ether oxygens (including phenoxy) is 1. The van der Waals surface area contributed by atoms with Crippen LogP contribution >= 0.6 is 15.9 Å². The molecular weight excluding hydrogens is 387 g/mol. The molecule has 3 nitrogen and oxygen atoms in total. The van der Waals surface area contributed by atoms with Crippen LogP contribution in [0.2, 0.25) is 0 Å². The highest BCUT2D eigenvalue weighted by molar-refractivity contribution is 9.10.